The zero-order valence-electron chi connectivity index (χ0n) is 12.5. The van der Waals surface area contributed by atoms with Crippen molar-refractivity contribution >= 4 is 0 Å². The Morgan fingerprint density at radius 3 is 2.17 bits per heavy atom. The molecule has 0 aromatic heterocycles. The molecule has 0 heterocycles. The summed E-state index contributed by atoms with van der Waals surface area (Å²) < 4.78 is 0. The van der Waals surface area contributed by atoms with E-state index in [2.05, 4.69) is 57.3 Å². The molecular formula is C17H29N. The highest BCUT2D eigenvalue weighted by Gasteiger charge is 2.09. The van der Waals surface area contributed by atoms with Gasteiger partial charge in [-0.2, -0.15) is 0 Å². The van der Waals surface area contributed by atoms with Crippen LogP contribution < -0.4 is 5.32 Å². The summed E-state index contributed by atoms with van der Waals surface area (Å²) in [5, 5.41) is 3.65. The second-order valence-corrected chi connectivity index (χ2v) is 5.63. The normalized spacial score (nSPS) is 12.9. The van der Waals surface area contributed by atoms with Gasteiger partial charge in [-0.1, -0.05) is 58.4 Å². The van der Waals surface area contributed by atoms with E-state index in [0.29, 0.717) is 6.04 Å². The maximum absolute atomic E-state index is 3.65. The summed E-state index contributed by atoms with van der Waals surface area (Å²) >= 11 is 0. The van der Waals surface area contributed by atoms with Crippen molar-refractivity contribution in [3.05, 3.63) is 35.4 Å². The Morgan fingerprint density at radius 1 is 1.00 bits per heavy atom. The lowest BCUT2D eigenvalue weighted by Gasteiger charge is -2.19. The molecule has 1 rings (SSSR count). The fourth-order valence-corrected chi connectivity index (χ4v) is 2.35. The van der Waals surface area contributed by atoms with Gasteiger partial charge in [-0.15, -0.1) is 0 Å². The predicted octanol–water partition coefficient (Wildman–Crippen LogP) is 4.73. The lowest BCUT2D eigenvalue weighted by atomic mass is 9.97. The quantitative estimate of drug-likeness (QED) is 0.700. The van der Waals surface area contributed by atoms with E-state index in [1.807, 2.05) is 0 Å². The van der Waals surface area contributed by atoms with Crippen molar-refractivity contribution in [2.24, 2.45) is 5.92 Å². The first-order chi connectivity index (χ1) is 8.67. The second-order valence-electron chi connectivity index (χ2n) is 5.63. The number of benzene rings is 1. The van der Waals surface area contributed by atoms with Gasteiger partial charge >= 0.3 is 0 Å². The van der Waals surface area contributed by atoms with Gasteiger partial charge in [0.25, 0.3) is 0 Å². The van der Waals surface area contributed by atoms with E-state index in [0.717, 1.165) is 12.5 Å². The maximum Gasteiger partial charge on any atom is 0.0320 e. The van der Waals surface area contributed by atoms with Gasteiger partial charge in [0.2, 0.25) is 0 Å². The van der Waals surface area contributed by atoms with Crippen LogP contribution >= 0.6 is 0 Å². The zero-order chi connectivity index (χ0) is 13.4. The van der Waals surface area contributed by atoms with Crippen LogP contribution in [0.15, 0.2) is 24.3 Å². The third kappa shape index (κ3) is 5.22. The van der Waals surface area contributed by atoms with Crippen molar-refractivity contribution in [2.45, 2.75) is 59.4 Å². The Morgan fingerprint density at radius 2 is 1.67 bits per heavy atom. The highest BCUT2D eigenvalue weighted by atomic mass is 14.9. The molecular weight excluding hydrogens is 218 g/mol. The number of hydrogen-bond acceptors (Lipinski definition) is 1. The van der Waals surface area contributed by atoms with E-state index in [1.54, 1.807) is 0 Å². The summed E-state index contributed by atoms with van der Waals surface area (Å²) in [5.41, 5.74) is 2.90. The minimum Gasteiger partial charge on any atom is -0.310 e. The predicted molar refractivity (Wildman–Crippen MR) is 80.9 cm³/mol. The summed E-state index contributed by atoms with van der Waals surface area (Å²) in [6.45, 7) is 10.1. The molecule has 0 saturated carbocycles. The van der Waals surface area contributed by atoms with Gasteiger partial charge < -0.3 is 5.32 Å². The molecule has 1 aromatic rings. The van der Waals surface area contributed by atoms with E-state index in [9.17, 15) is 0 Å². The molecule has 0 amide bonds. The minimum absolute atomic E-state index is 0.531. The van der Waals surface area contributed by atoms with Crippen LogP contribution in [0.2, 0.25) is 0 Å². The van der Waals surface area contributed by atoms with Gasteiger partial charge in [0.1, 0.15) is 0 Å². The molecule has 0 fully saturated rings. The highest BCUT2D eigenvalue weighted by molar-refractivity contribution is 5.25. The van der Waals surface area contributed by atoms with Crippen LogP contribution in [-0.2, 0) is 6.42 Å². The SMILES string of the molecule is CCCNC(CCC)c1ccc(CC(C)C)cc1. The molecule has 1 N–H and O–H groups in total. The fourth-order valence-electron chi connectivity index (χ4n) is 2.35. The Balaban J connectivity index is 2.67. The molecule has 102 valence electrons. The second kappa shape index (κ2) is 8.31. The third-order valence-corrected chi connectivity index (χ3v) is 3.24. The van der Waals surface area contributed by atoms with Gasteiger partial charge in [0, 0.05) is 6.04 Å². The molecule has 0 radical (unpaired) electrons. The van der Waals surface area contributed by atoms with Crippen molar-refractivity contribution in [1.29, 1.82) is 0 Å². The average molecular weight is 247 g/mol. The molecule has 1 unspecified atom stereocenters. The topological polar surface area (TPSA) is 12.0 Å². The summed E-state index contributed by atoms with van der Waals surface area (Å²) in [5.74, 6) is 0.737. The molecule has 1 nitrogen and oxygen atoms in total. The molecule has 0 spiro atoms. The van der Waals surface area contributed by atoms with Crippen LogP contribution in [0.4, 0.5) is 0 Å². The molecule has 0 bridgehead atoms. The van der Waals surface area contributed by atoms with Crippen LogP contribution in [0.3, 0.4) is 0 Å². The summed E-state index contributed by atoms with van der Waals surface area (Å²) in [4.78, 5) is 0. The average Bonchev–Trinajstić information content (AvgIpc) is 2.35. The lowest BCUT2D eigenvalue weighted by Crippen LogP contribution is -2.21. The first kappa shape index (κ1) is 15.2. The molecule has 0 aliphatic carbocycles. The monoisotopic (exact) mass is 247 g/mol. The Labute approximate surface area is 113 Å². The number of rotatable bonds is 8. The fraction of sp³-hybridized carbons (Fsp3) is 0.647. The molecule has 0 saturated heterocycles. The van der Waals surface area contributed by atoms with Crippen molar-refractivity contribution in [3.63, 3.8) is 0 Å². The molecule has 1 aromatic carbocycles. The molecule has 0 aliphatic heterocycles. The van der Waals surface area contributed by atoms with E-state index >= 15 is 0 Å². The first-order valence-corrected chi connectivity index (χ1v) is 7.49. The summed E-state index contributed by atoms with van der Waals surface area (Å²) in [6.07, 6.45) is 4.84. The molecule has 1 atom stereocenters. The summed E-state index contributed by atoms with van der Waals surface area (Å²) in [7, 11) is 0. The number of hydrogen-bond donors (Lipinski definition) is 1. The lowest BCUT2D eigenvalue weighted by molar-refractivity contribution is 0.494. The van der Waals surface area contributed by atoms with E-state index < -0.39 is 0 Å². The van der Waals surface area contributed by atoms with Gasteiger partial charge in [-0.25, -0.2) is 0 Å². The zero-order valence-corrected chi connectivity index (χ0v) is 12.5. The third-order valence-electron chi connectivity index (χ3n) is 3.24. The van der Waals surface area contributed by atoms with Crippen molar-refractivity contribution in [2.75, 3.05) is 6.54 Å². The van der Waals surface area contributed by atoms with Gasteiger partial charge in [0.15, 0.2) is 0 Å². The van der Waals surface area contributed by atoms with E-state index in [1.165, 1.54) is 36.8 Å². The molecule has 18 heavy (non-hydrogen) atoms. The highest BCUT2D eigenvalue weighted by Crippen LogP contribution is 2.20. The maximum atomic E-state index is 3.65. The number of nitrogens with one attached hydrogen (secondary N) is 1. The van der Waals surface area contributed by atoms with Crippen LogP contribution in [0.5, 0.6) is 0 Å². The minimum atomic E-state index is 0.531. The van der Waals surface area contributed by atoms with E-state index in [-0.39, 0.29) is 0 Å². The Hall–Kier alpha value is -0.820. The van der Waals surface area contributed by atoms with E-state index in [4.69, 9.17) is 0 Å². The Bertz CT molecular complexity index is 313. The standard InChI is InChI=1S/C17H29N/c1-5-7-17(18-12-6-2)16-10-8-15(9-11-16)13-14(3)4/h8-11,14,17-18H,5-7,12-13H2,1-4H3. The molecule has 1 heteroatoms. The van der Waals surface area contributed by atoms with Crippen LogP contribution in [0.1, 0.15) is 64.1 Å². The summed E-state index contributed by atoms with van der Waals surface area (Å²) in [6, 6.07) is 9.74. The van der Waals surface area contributed by atoms with Crippen LogP contribution in [0.25, 0.3) is 0 Å². The smallest absolute Gasteiger partial charge is 0.0320 e. The van der Waals surface area contributed by atoms with Gasteiger partial charge in [-0.3, -0.25) is 0 Å². The van der Waals surface area contributed by atoms with Gasteiger partial charge in [-0.05, 0) is 42.9 Å². The first-order valence-electron chi connectivity index (χ1n) is 7.49. The van der Waals surface area contributed by atoms with Crippen molar-refractivity contribution in [3.8, 4) is 0 Å². The van der Waals surface area contributed by atoms with Gasteiger partial charge in [0.05, 0.1) is 0 Å². The van der Waals surface area contributed by atoms with Crippen LogP contribution in [-0.4, -0.2) is 6.54 Å². The largest absolute Gasteiger partial charge is 0.310 e. The van der Waals surface area contributed by atoms with Crippen LogP contribution in [0, 0.1) is 5.92 Å². The van der Waals surface area contributed by atoms with Crippen molar-refractivity contribution in [1.82, 2.24) is 5.32 Å². The Kier molecular flexibility index (Phi) is 7.04. The van der Waals surface area contributed by atoms with Crippen molar-refractivity contribution < 1.29 is 0 Å². The molecule has 0 aliphatic rings.